The summed E-state index contributed by atoms with van der Waals surface area (Å²) >= 11 is 5.75. The van der Waals surface area contributed by atoms with Gasteiger partial charge in [0.25, 0.3) is 0 Å². The van der Waals surface area contributed by atoms with Gasteiger partial charge < -0.3 is 4.74 Å². The molecule has 0 fully saturated rings. The number of benzene rings is 1. The van der Waals surface area contributed by atoms with Crippen molar-refractivity contribution in [1.82, 2.24) is 9.97 Å². The van der Waals surface area contributed by atoms with Gasteiger partial charge in [0.05, 0.1) is 16.6 Å². The molecule has 0 bridgehead atoms. The highest BCUT2D eigenvalue weighted by molar-refractivity contribution is 6.29. The number of nitro groups is 1. The lowest BCUT2D eigenvalue weighted by molar-refractivity contribution is -0.386. The lowest BCUT2D eigenvalue weighted by atomic mass is 10.2. The van der Waals surface area contributed by atoms with Crippen LogP contribution in [0.5, 0.6) is 11.6 Å². The third-order valence-corrected chi connectivity index (χ3v) is 2.99. The molecule has 0 saturated carbocycles. The van der Waals surface area contributed by atoms with Gasteiger partial charge in [0.1, 0.15) is 10.9 Å². The standard InChI is InChI=1S/C14H8ClN3O3/c15-13-6-5-12(18(19)20)14(17-13)21-10-7-9-3-1-2-4-11(9)16-8-10/h1-8H. The molecule has 0 saturated heterocycles. The van der Waals surface area contributed by atoms with Crippen molar-refractivity contribution in [3.8, 4) is 11.6 Å². The number of rotatable bonds is 3. The van der Waals surface area contributed by atoms with Crippen LogP contribution in [0.25, 0.3) is 10.9 Å². The molecule has 21 heavy (non-hydrogen) atoms. The summed E-state index contributed by atoms with van der Waals surface area (Å²) < 4.78 is 5.46. The fourth-order valence-electron chi connectivity index (χ4n) is 1.84. The topological polar surface area (TPSA) is 78.2 Å². The molecular weight excluding hydrogens is 294 g/mol. The van der Waals surface area contributed by atoms with Crippen LogP contribution in [0.1, 0.15) is 0 Å². The highest BCUT2D eigenvalue weighted by atomic mass is 35.5. The average molecular weight is 302 g/mol. The predicted molar refractivity (Wildman–Crippen MR) is 77.7 cm³/mol. The van der Waals surface area contributed by atoms with E-state index in [0.717, 1.165) is 10.9 Å². The smallest absolute Gasteiger partial charge is 0.331 e. The van der Waals surface area contributed by atoms with E-state index < -0.39 is 4.92 Å². The number of ether oxygens (including phenoxy) is 1. The van der Waals surface area contributed by atoms with Crippen LogP contribution in [0.2, 0.25) is 5.15 Å². The molecule has 6 nitrogen and oxygen atoms in total. The number of fused-ring (bicyclic) bond motifs is 1. The summed E-state index contributed by atoms with van der Waals surface area (Å²) in [7, 11) is 0. The molecule has 0 spiro atoms. The quantitative estimate of drug-likeness (QED) is 0.415. The zero-order valence-corrected chi connectivity index (χ0v) is 11.3. The van der Waals surface area contributed by atoms with Crippen molar-refractivity contribution >= 4 is 28.2 Å². The van der Waals surface area contributed by atoms with Crippen molar-refractivity contribution < 1.29 is 9.66 Å². The molecule has 0 atom stereocenters. The summed E-state index contributed by atoms with van der Waals surface area (Å²) in [4.78, 5) is 18.4. The molecular formula is C14H8ClN3O3. The predicted octanol–water partition coefficient (Wildman–Crippen LogP) is 3.98. The van der Waals surface area contributed by atoms with Gasteiger partial charge in [-0.2, -0.15) is 4.98 Å². The first kappa shape index (κ1) is 13.3. The normalized spacial score (nSPS) is 10.5. The van der Waals surface area contributed by atoms with E-state index in [9.17, 15) is 10.1 Å². The van der Waals surface area contributed by atoms with Crippen LogP contribution in [-0.4, -0.2) is 14.9 Å². The van der Waals surface area contributed by atoms with E-state index in [4.69, 9.17) is 16.3 Å². The molecule has 3 rings (SSSR count). The van der Waals surface area contributed by atoms with E-state index >= 15 is 0 Å². The fraction of sp³-hybridized carbons (Fsp3) is 0. The monoisotopic (exact) mass is 301 g/mol. The van der Waals surface area contributed by atoms with E-state index in [1.165, 1.54) is 18.3 Å². The first-order valence-electron chi connectivity index (χ1n) is 5.97. The lowest BCUT2D eigenvalue weighted by Crippen LogP contribution is -1.96. The minimum absolute atomic E-state index is 0.115. The van der Waals surface area contributed by atoms with E-state index in [1.54, 1.807) is 6.07 Å². The van der Waals surface area contributed by atoms with Gasteiger partial charge in [-0.15, -0.1) is 0 Å². The second kappa shape index (κ2) is 5.34. The first-order valence-corrected chi connectivity index (χ1v) is 6.35. The molecule has 1 aromatic carbocycles. The number of halogens is 1. The van der Waals surface area contributed by atoms with Gasteiger partial charge in [0.2, 0.25) is 0 Å². The summed E-state index contributed by atoms with van der Waals surface area (Å²) in [5.41, 5.74) is 0.547. The molecule has 2 heterocycles. The first-order chi connectivity index (χ1) is 10.1. The summed E-state index contributed by atoms with van der Waals surface area (Å²) in [6.45, 7) is 0. The van der Waals surface area contributed by atoms with E-state index in [2.05, 4.69) is 9.97 Å². The van der Waals surface area contributed by atoms with E-state index in [-0.39, 0.29) is 16.7 Å². The second-order valence-electron chi connectivity index (χ2n) is 4.18. The Labute approximate surface area is 124 Å². The maximum absolute atomic E-state index is 11.0. The number of hydrogen-bond donors (Lipinski definition) is 0. The molecule has 0 aliphatic carbocycles. The van der Waals surface area contributed by atoms with Gasteiger partial charge in [-0.05, 0) is 18.2 Å². The minimum atomic E-state index is -0.576. The number of pyridine rings is 2. The average Bonchev–Trinajstić information content (AvgIpc) is 2.47. The zero-order chi connectivity index (χ0) is 14.8. The van der Waals surface area contributed by atoms with Crippen LogP contribution < -0.4 is 4.74 Å². The van der Waals surface area contributed by atoms with Crippen LogP contribution in [0.3, 0.4) is 0 Å². The van der Waals surface area contributed by atoms with Crippen LogP contribution in [0, 0.1) is 10.1 Å². The van der Waals surface area contributed by atoms with Gasteiger partial charge in [0.15, 0.2) is 0 Å². The maximum atomic E-state index is 11.0. The van der Waals surface area contributed by atoms with Gasteiger partial charge in [-0.25, -0.2) is 0 Å². The van der Waals surface area contributed by atoms with Crippen molar-refractivity contribution in [1.29, 1.82) is 0 Å². The Morgan fingerprint density at radius 1 is 1.19 bits per heavy atom. The third-order valence-electron chi connectivity index (χ3n) is 2.78. The maximum Gasteiger partial charge on any atom is 0.331 e. The van der Waals surface area contributed by atoms with Gasteiger partial charge in [-0.3, -0.25) is 15.1 Å². The molecule has 0 aliphatic rings. The van der Waals surface area contributed by atoms with Crippen LogP contribution in [0.15, 0.2) is 48.7 Å². The summed E-state index contributed by atoms with van der Waals surface area (Å²) in [5, 5.41) is 11.9. The number of para-hydroxylation sites is 1. The molecule has 104 valence electrons. The Morgan fingerprint density at radius 3 is 2.81 bits per heavy atom. The number of hydrogen-bond acceptors (Lipinski definition) is 5. The zero-order valence-electron chi connectivity index (χ0n) is 10.6. The number of nitrogens with zero attached hydrogens (tertiary/aromatic N) is 3. The molecule has 2 aromatic heterocycles. The second-order valence-corrected chi connectivity index (χ2v) is 4.57. The Morgan fingerprint density at radius 2 is 2.00 bits per heavy atom. The van der Waals surface area contributed by atoms with Crippen molar-refractivity contribution in [2.45, 2.75) is 0 Å². The van der Waals surface area contributed by atoms with Gasteiger partial charge in [-0.1, -0.05) is 29.8 Å². The highest BCUT2D eigenvalue weighted by Crippen LogP contribution is 2.31. The van der Waals surface area contributed by atoms with Crippen molar-refractivity contribution in [2.24, 2.45) is 0 Å². The van der Waals surface area contributed by atoms with E-state index in [1.807, 2.05) is 24.3 Å². The molecule has 0 unspecified atom stereocenters. The minimum Gasteiger partial charge on any atom is -0.432 e. The SMILES string of the molecule is O=[N+]([O-])c1ccc(Cl)nc1Oc1cnc2ccccc2c1. The lowest BCUT2D eigenvalue weighted by Gasteiger charge is -2.06. The molecule has 0 radical (unpaired) electrons. The summed E-state index contributed by atoms with van der Waals surface area (Å²) in [5.74, 6) is 0.191. The van der Waals surface area contributed by atoms with Gasteiger partial charge >= 0.3 is 11.6 Å². The highest BCUT2D eigenvalue weighted by Gasteiger charge is 2.18. The van der Waals surface area contributed by atoms with Crippen LogP contribution in [0.4, 0.5) is 5.69 Å². The van der Waals surface area contributed by atoms with E-state index in [0.29, 0.717) is 5.75 Å². The van der Waals surface area contributed by atoms with Gasteiger partial charge in [0, 0.05) is 11.5 Å². The largest absolute Gasteiger partial charge is 0.432 e. The molecule has 3 aromatic rings. The Bertz CT molecular complexity index is 839. The molecule has 0 N–H and O–H groups in total. The Hall–Kier alpha value is -2.73. The molecule has 0 aliphatic heterocycles. The number of aromatic nitrogens is 2. The Balaban J connectivity index is 2.02. The van der Waals surface area contributed by atoms with Crippen molar-refractivity contribution in [3.63, 3.8) is 0 Å². The van der Waals surface area contributed by atoms with Crippen LogP contribution in [-0.2, 0) is 0 Å². The van der Waals surface area contributed by atoms with Crippen LogP contribution >= 0.6 is 11.6 Å². The summed E-state index contributed by atoms with van der Waals surface area (Å²) in [6, 6.07) is 11.8. The third kappa shape index (κ3) is 2.75. The molecule has 0 amide bonds. The molecule has 7 heteroatoms. The fourth-order valence-corrected chi connectivity index (χ4v) is 1.98. The van der Waals surface area contributed by atoms with Crippen molar-refractivity contribution in [2.75, 3.05) is 0 Å². The summed E-state index contributed by atoms with van der Waals surface area (Å²) in [6.07, 6.45) is 1.48. The van der Waals surface area contributed by atoms with Crippen molar-refractivity contribution in [3.05, 3.63) is 63.9 Å². The Kier molecular flexibility index (Phi) is 3.37.